The average Bonchev–Trinajstić information content (AvgIpc) is 3.23. The van der Waals surface area contributed by atoms with Gasteiger partial charge in [0.1, 0.15) is 12.7 Å². The van der Waals surface area contributed by atoms with E-state index in [2.05, 4.69) is 58.7 Å². The van der Waals surface area contributed by atoms with Crippen LogP contribution >= 0.6 is 0 Å². The molecule has 0 amide bonds. The highest BCUT2D eigenvalue weighted by Gasteiger charge is 2.20. The largest absolute Gasteiger partial charge is 0.379 e. The van der Waals surface area contributed by atoms with Gasteiger partial charge in [-0.2, -0.15) is 0 Å². The fourth-order valence-electron chi connectivity index (χ4n) is 2.56. The zero-order valence-corrected chi connectivity index (χ0v) is 16.2. The summed E-state index contributed by atoms with van der Waals surface area (Å²) in [6.45, 7) is 12.9. The van der Waals surface area contributed by atoms with E-state index in [-0.39, 0.29) is 10.8 Å². The Kier molecular flexibility index (Phi) is 7.58. The molecule has 10 nitrogen and oxygen atoms in total. The van der Waals surface area contributed by atoms with Gasteiger partial charge < -0.3 is 9.47 Å². The third-order valence-electron chi connectivity index (χ3n) is 4.18. The van der Waals surface area contributed by atoms with Crippen molar-refractivity contribution >= 4 is 0 Å². The fraction of sp³-hybridized carbons (Fsp3) is 0.875. The lowest BCUT2D eigenvalue weighted by Crippen LogP contribution is -2.23. The topological polar surface area (TPSA) is 106 Å². The Bertz CT molecular complexity index is 544. The van der Waals surface area contributed by atoms with E-state index in [9.17, 15) is 0 Å². The molecule has 0 unspecified atom stereocenters. The molecule has 0 fully saturated rings. The van der Waals surface area contributed by atoms with Gasteiger partial charge in [-0.1, -0.05) is 27.7 Å². The Morgan fingerprint density at radius 1 is 0.692 bits per heavy atom. The quantitative estimate of drug-likeness (QED) is 0.487. The lowest BCUT2D eigenvalue weighted by molar-refractivity contribution is 0.0255. The molecule has 0 aromatic carbocycles. The fourth-order valence-corrected chi connectivity index (χ4v) is 2.56. The molecule has 0 saturated carbocycles. The standard InChI is InChI=1S/C16H30N8O2/c1-15(2,11-23-13-17-19-21-23)5-7-25-9-10-26-8-6-16(3,4)12-24-14-18-20-22-24/h13-14H,5-12H2,1-4H3. The monoisotopic (exact) mass is 366 g/mol. The minimum absolute atomic E-state index is 0.0798. The van der Waals surface area contributed by atoms with Crippen molar-refractivity contribution in [3.8, 4) is 0 Å². The third-order valence-corrected chi connectivity index (χ3v) is 4.18. The first-order valence-corrected chi connectivity index (χ1v) is 8.93. The normalized spacial score (nSPS) is 12.6. The molecule has 0 radical (unpaired) electrons. The molecule has 0 spiro atoms. The SMILES string of the molecule is CC(C)(CCOCCOCCC(C)(C)Cn1cnnn1)Cn1cnnn1. The van der Waals surface area contributed by atoms with Gasteiger partial charge in [-0.25, -0.2) is 9.36 Å². The highest BCUT2D eigenvalue weighted by atomic mass is 16.5. The first kappa shape index (κ1) is 20.4. The molecule has 2 aromatic heterocycles. The molecule has 0 atom stereocenters. The van der Waals surface area contributed by atoms with Crippen LogP contribution in [0.25, 0.3) is 0 Å². The van der Waals surface area contributed by atoms with Gasteiger partial charge in [-0.15, -0.1) is 10.2 Å². The van der Waals surface area contributed by atoms with Crippen LogP contribution in [-0.4, -0.2) is 66.8 Å². The molecule has 0 aliphatic rings. The van der Waals surface area contributed by atoms with Crippen LogP contribution in [0.1, 0.15) is 40.5 Å². The minimum atomic E-state index is 0.0798. The van der Waals surface area contributed by atoms with Crippen molar-refractivity contribution in [3.05, 3.63) is 12.7 Å². The van der Waals surface area contributed by atoms with Gasteiger partial charge in [-0.3, -0.25) is 0 Å². The predicted octanol–water partition coefficient (Wildman–Crippen LogP) is 1.23. The van der Waals surface area contributed by atoms with Crippen molar-refractivity contribution in [2.75, 3.05) is 26.4 Å². The molecule has 26 heavy (non-hydrogen) atoms. The van der Waals surface area contributed by atoms with Gasteiger partial charge in [0.15, 0.2) is 0 Å². The first-order valence-electron chi connectivity index (χ1n) is 8.93. The Labute approximate surface area is 154 Å². The second kappa shape index (κ2) is 9.67. The lowest BCUT2D eigenvalue weighted by atomic mass is 9.90. The van der Waals surface area contributed by atoms with Crippen LogP contribution in [0, 0.1) is 10.8 Å². The van der Waals surface area contributed by atoms with Crippen LogP contribution in [0.5, 0.6) is 0 Å². The zero-order chi connectivity index (χ0) is 18.9. The Hall–Kier alpha value is -1.94. The maximum absolute atomic E-state index is 5.69. The van der Waals surface area contributed by atoms with Crippen molar-refractivity contribution in [2.45, 2.75) is 53.6 Å². The smallest absolute Gasteiger partial charge is 0.138 e. The molecule has 0 bridgehead atoms. The zero-order valence-electron chi connectivity index (χ0n) is 16.2. The number of rotatable bonds is 13. The van der Waals surface area contributed by atoms with Gasteiger partial charge in [0.25, 0.3) is 0 Å². The van der Waals surface area contributed by atoms with Crippen molar-refractivity contribution < 1.29 is 9.47 Å². The van der Waals surface area contributed by atoms with E-state index >= 15 is 0 Å². The molecular formula is C16H30N8O2. The highest BCUT2D eigenvalue weighted by molar-refractivity contribution is 4.69. The predicted molar refractivity (Wildman–Crippen MR) is 94.1 cm³/mol. The number of ether oxygens (including phenoxy) is 2. The summed E-state index contributed by atoms with van der Waals surface area (Å²) in [5, 5.41) is 22.4. The van der Waals surface area contributed by atoms with Crippen LogP contribution in [0.15, 0.2) is 12.7 Å². The maximum Gasteiger partial charge on any atom is 0.138 e. The maximum atomic E-state index is 5.69. The average molecular weight is 366 g/mol. The molecule has 146 valence electrons. The van der Waals surface area contributed by atoms with Crippen LogP contribution in [0.3, 0.4) is 0 Å². The summed E-state index contributed by atoms with van der Waals surface area (Å²) in [7, 11) is 0. The Morgan fingerprint density at radius 2 is 1.12 bits per heavy atom. The van der Waals surface area contributed by atoms with E-state index < -0.39 is 0 Å². The Balaban J connectivity index is 1.49. The molecular weight excluding hydrogens is 336 g/mol. The van der Waals surface area contributed by atoms with E-state index in [4.69, 9.17) is 9.47 Å². The van der Waals surface area contributed by atoms with E-state index in [1.54, 1.807) is 22.0 Å². The number of hydrogen-bond acceptors (Lipinski definition) is 8. The third kappa shape index (κ3) is 7.96. The molecule has 10 heteroatoms. The summed E-state index contributed by atoms with van der Waals surface area (Å²) < 4.78 is 14.9. The molecule has 0 aliphatic carbocycles. The van der Waals surface area contributed by atoms with Gasteiger partial charge >= 0.3 is 0 Å². The van der Waals surface area contributed by atoms with Crippen molar-refractivity contribution in [2.24, 2.45) is 10.8 Å². The molecule has 0 aliphatic heterocycles. The minimum Gasteiger partial charge on any atom is -0.379 e. The first-order chi connectivity index (χ1) is 12.4. The van der Waals surface area contributed by atoms with Crippen LogP contribution < -0.4 is 0 Å². The number of tetrazole rings is 2. The number of hydrogen-bond donors (Lipinski definition) is 0. The molecule has 0 N–H and O–H groups in total. The van der Waals surface area contributed by atoms with Crippen LogP contribution in [-0.2, 0) is 22.6 Å². The second-order valence-electron chi connectivity index (χ2n) is 8.07. The number of aromatic nitrogens is 8. The summed E-state index contributed by atoms with van der Waals surface area (Å²) in [4.78, 5) is 0. The van der Waals surface area contributed by atoms with E-state index in [0.29, 0.717) is 26.4 Å². The molecule has 0 saturated heterocycles. The number of nitrogens with zero attached hydrogens (tertiary/aromatic N) is 8. The van der Waals surface area contributed by atoms with Gasteiger partial charge in [0, 0.05) is 26.3 Å². The summed E-state index contributed by atoms with van der Waals surface area (Å²) in [5.41, 5.74) is 0.160. The Morgan fingerprint density at radius 3 is 1.46 bits per heavy atom. The second-order valence-corrected chi connectivity index (χ2v) is 8.07. The van der Waals surface area contributed by atoms with E-state index in [1.807, 2.05) is 0 Å². The van der Waals surface area contributed by atoms with Gasteiger partial charge in [0.05, 0.1) is 13.2 Å². The summed E-state index contributed by atoms with van der Waals surface area (Å²) in [6, 6.07) is 0. The van der Waals surface area contributed by atoms with Crippen LogP contribution in [0.4, 0.5) is 0 Å². The van der Waals surface area contributed by atoms with Crippen molar-refractivity contribution in [1.82, 2.24) is 40.4 Å². The van der Waals surface area contributed by atoms with E-state index in [1.165, 1.54) is 0 Å². The summed E-state index contributed by atoms with van der Waals surface area (Å²) in [5.74, 6) is 0. The molecule has 2 heterocycles. The molecule has 2 rings (SSSR count). The lowest BCUT2D eigenvalue weighted by Gasteiger charge is -2.24. The summed E-state index contributed by atoms with van der Waals surface area (Å²) >= 11 is 0. The summed E-state index contributed by atoms with van der Waals surface area (Å²) in [6.07, 6.45) is 5.15. The van der Waals surface area contributed by atoms with Crippen molar-refractivity contribution in [1.29, 1.82) is 0 Å². The van der Waals surface area contributed by atoms with E-state index in [0.717, 1.165) is 25.9 Å². The highest BCUT2D eigenvalue weighted by Crippen LogP contribution is 2.23. The van der Waals surface area contributed by atoms with Gasteiger partial charge in [-0.05, 0) is 44.5 Å². The molecule has 2 aromatic rings. The van der Waals surface area contributed by atoms with Crippen LogP contribution in [0.2, 0.25) is 0 Å². The van der Waals surface area contributed by atoms with Crippen molar-refractivity contribution in [3.63, 3.8) is 0 Å². The van der Waals surface area contributed by atoms with Gasteiger partial charge in [0.2, 0.25) is 0 Å².